The molecule has 2 aromatic carbocycles. The van der Waals surface area contributed by atoms with Gasteiger partial charge in [0.2, 0.25) is 0 Å². The Morgan fingerprint density at radius 3 is 2.42 bits per heavy atom. The van der Waals surface area contributed by atoms with Gasteiger partial charge in [-0.2, -0.15) is 0 Å². The highest BCUT2D eigenvalue weighted by Crippen LogP contribution is 2.46. The van der Waals surface area contributed by atoms with Gasteiger partial charge in [-0.15, -0.1) is 0 Å². The molecule has 1 N–H and O–H groups in total. The largest absolute Gasteiger partial charge is 0.494 e. The number of rotatable bonds is 7. The van der Waals surface area contributed by atoms with Crippen LogP contribution in [0.2, 0.25) is 0 Å². The van der Waals surface area contributed by atoms with Gasteiger partial charge < -0.3 is 19.3 Å². The van der Waals surface area contributed by atoms with Crippen LogP contribution < -0.4 is 9.47 Å². The number of pyridine rings is 1. The molecule has 202 valence electrons. The van der Waals surface area contributed by atoms with Gasteiger partial charge in [0.1, 0.15) is 5.75 Å². The Hall–Kier alpha value is -3.45. The highest BCUT2D eigenvalue weighted by Gasteiger charge is 2.34. The number of carbonyl (C=O) groups is 1. The van der Waals surface area contributed by atoms with Crippen molar-refractivity contribution in [2.75, 3.05) is 13.2 Å². The zero-order valence-corrected chi connectivity index (χ0v) is 23.2. The lowest BCUT2D eigenvalue weighted by molar-refractivity contribution is -0.160. The molecule has 0 saturated heterocycles. The van der Waals surface area contributed by atoms with Gasteiger partial charge in [0.15, 0.2) is 17.7 Å². The minimum Gasteiger partial charge on any atom is -0.494 e. The van der Waals surface area contributed by atoms with Crippen LogP contribution in [0.1, 0.15) is 68.3 Å². The van der Waals surface area contributed by atoms with Gasteiger partial charge in [-0.05, 0) is 102 Å². The maximum absolute atomic E-state index is 15.5. The molecule has 0 amide bonds. The summed E-state index contributed by atoms with van der Waals surface area (Å²) in [6.07, 6.45) is 0.160. The Morgan fingerprint density at radius 1 is 1.13 bits per heavy atom. The number of aryl methyl sites for hydroxylation is 2. The monoisotopic (exact) mass is 521 g/mol. The number of ether oxygens (including phenoxy) is 3. The van der Waals surface area contributed by atoms with Crippen molar-refractivity contribution in [3.8, 4) is 33.8 Å². The lowest BCUT2D eigenvalue weighted by Crippen LogP contribution is -2.28. The van der Waals surface area contributed by atoms with E-state index in [-0.39, 0.29) is 5.75 Å². The fraction of sp³-hybridized carbons (Fsp3) is 0.419. The molecular formula is C31H36FNO5. The van der Waals surface area contributed by atoms with E-state index in [0.717, 1.165) is 34.4 Å². The second kappa shape index (κ2) is 10.7. The number of carboxylic acids is 1. The zero-order chi connectivity index (χ0) is 27.8. The Labute approximate surface area is 223 Å². The van der Waals surface area contributed by atoms with Gasteiger partial charge in [0.25, 0.3) is 0 Å². The molecule has 0 radical (unpaired) electrons. The van der Waals surface area contributed by atoms with Gasteiger partial charge >= 0.3 is 5.97 Å². The quantitative estimate of drug-likeness (QED) is 0.356. The predicted molar refractivity (Wildman–Crippen MR) is 145 cm³/mol. The average molecular weight is 522 g/mol. The van der Waals surface area contributed by atoms with Crippen molar-refractivity contribution in [2.45, 2.75) is 73.0 Å². The molecule has 1 aliphatic rings. The van der Waals surface area contributed by atoms with Gasteiger partial charge in [0.05, 0.1) is 18.8 Å². The lowest BCUT2D eigenvalue weighted by atomic mass is 9.83. The van der Waals surface area contributed by atoms with E-state index in [2.05, 4.69) is 0 Å². The fourth-order valence-corrected chi connectivity index (χ4v) is 5.21. The van der Waals surface area contributed by atoms with Crippen LogP contribution in [-0.4, -0.2) is 34.9 Å². The minimum atomic E-state index is -1.31. The van der Waals surface area contributed by atoms with Crippen LogP contribution in [0.5, 0.6) is 11.5 Å². The number of aromatic nitrogens is 1. The van der Waals surface area contributed by atoms with Crippen molar-refractivity contribution in [1.29, 1.82) is 0 Å². The Kier molecular flexibility index (Phi) is 7.79. The van der Waals surface area contributed by atoms with E-state index in [1.54, 1.807) is 6.92 Å². The summed E-state index contributed by atoms with van der Waals surface area (Å²) >= 11 is 0. The third-order valence-corrected chi connectivity index (χ3v) is 6.72. The van der Waals surface area contributed by atoms with Gasteiger partial charge in [0, 0.05) is 28.1 Å². The topological polar surface area (TPSA) is 77.9 Å². The molecule has 0 bridgehead atoms. The van der Waals surface area contributed by atoms with Gasteiger partial charge in [-0.3, -0.25) is 4.98 Å². The number of carboxylic acid groups (broad SMARTS) is 1. The van der Waals surface area contributed by atoms with E-state index in [1.165, 1.54) is 6.07 Å². The van der Waals surface area contributed by atoms with Crippen molar-refractivity contribution < 1.29 is 28.5 Å². The second-order valence-corrected chi connectivity index (χ2v) is 10.6. The number of hydrogen-bond donors (Lipinski definition) is 1. The van der Waals surface area contributed by atoms with Crippen LogP contribution in [0.4, 0.5) is 4.39 Å². The molecule has 7 heteroatoms. The molecule has 38 heavy (non-hydrogen) atoms. The van der Waals surface area contributed by atoms with Gasteiger partial charge in [-0.1, -0.05) is 12.1 Å². The summed E-state index contributed by atoms with van der Waals surface area (Å²) in [5, 5.41) is 10.4. The Morgan fingerprint density at radius 2 is 1.82 bits per heavy atom. The predicted octanol–water partition coefficient (Wildman–Crippen LogP) is 7.14. The highest BCUT2D eigenvalue weighted by molar-refractivity contribution is 5.92. The molecule has 4 rings (SSSR count). The summed E-state index contributed by atoms with van der Waals surface area (Å²) in [6.45, 7) is 14.0. The second-order valence-electron chi connectivity index (χ2n) is 10.6. The van der Waals surface area contributed by atoms with E-state index >= 15 is 4.39 Å². The molecule has 0 fully saturated rings. The number of nitrogens with zero attached hydrogens (tertiary/aromatic N) is 1. The maximum Gasteiger partial charge on any atom is 0.337 e. The first-order valence-electron chi connectivity index (χ1n) is 13.0. The van der Waals surface area contributed by atoms with E-state index < -0.39 is 23.5 Å². The van der Waals surface area contributed by atoms with Crippen molar-refractivity contribution in [3.63, 3.8) is 0 Å². The normalized spacial score (nSPS) is 14.0. The maximum atomic E-state index is 15.5. The number of halogens is 1. The summed E-state index contributed by atoms with van der Waals surface area (Å²) in [7, 11) is 0. The van der Waals surface area contributed by atoms with Crippen molar-refractivity contribution >= 4 is 5.97 Å². The number of hydrogen-bond acceptors (Lipinski definition) is 5. The molecule has 1 aromatic heterocycles. The fourth-order valence-electron chi connectivity index (χ4n) is 5.21. The van der Waals surface area contributed by atoms with E-state index in [4.69, 9.17) is 19.2 Å². The average Bonchev–Trinajstić information content (AvgIpc) is 2.85. The molecule has 6 nitrogen and oxygen atoms in total. The van der Waals surface area contributed by atoms with E-state index in [9.17, 15) is 9.90 Å². The standard InChI is InChI=1S/C31H36FNO5/c1-8-36-21-13-11-20(12-14-21)25-18(3)33-19(4)26(29(30(34)35)38-31(5,6)7)27(25)23-16-24(32)28-22(17(23)2)10-9-15-37-28/h11-14,16,29H,8-10,15H2,1-7H3,(H,34,35)/t29-/m0/s1. The molecule has 3 aromatic rings. The first-order chi connectivity index (χ1) is 17.9. The zero-order valence-electron chi connectivity index (χ0n) is 23.2. The van der Waals surface area contributed by atoms with Crippen LogP contribution in [0.25, 0.3) is 22.3 Å². The summed E-state index contributed by atoms with van der Waals surface area (Å²) in [5.74, 6) is -0.583. The first kappa shape index (κ1) is 27.6. The van der Waals surface area contributed by atoms with Crippen molar-refractivity contribution in [1.82, 2.24) is 4.98 Å². The minimum absolute atomic E-state index is 0.282. The SMILES string of the molecule is CCOc1ccc(-c2c(C)nc(C)c([C@H](OC(C)(C)C)C(=O)O)c2-c2cc(F)c3c(c2C)CCCO3)cc1. The molecule has 1 atom stereocenters. The highest BCUT2D eigenvalue weighted by atomic mass is 19.1. The number of benzene rings is 2. The molecule has 0 aliphatic carbocycles. The Bertz CT molecular complexity index is 1360. The Balaban J connectivity index is 2.11. The van der Waals surface area contributed by atoms with Crippen molar-refractivity contribution in [3.05, 3.63) is 64.2 Å². The number of fused-ring (bicyclic) bond motifs is 1. The van der Waals surface area contributed by atoms with Crippen LogP contribution >= 0.6 is 0 Å². The van der Waals surface area contributed by atoms with Crippen LogP contribution in [0, 0.1) is 26.6 Å². The van der Waals surface area contributed by atoms with Gasteiger partial charge in [-0.25, -0.2) is 9.18 Å². The van der Waals surface area contributed by atoms with E-state index in [0.29, 0.717) is 47.7 Å². The summed E-state index contributed by atoms with van der Waals surface area (Å²) in [5.41, 5.74) is 5.35. The first-order valence-corrected chi connectivity index (χ1v) is 13.0. The summed E-state index contributed by atoms with van der Waals surface area (Å²) in [4.78, 5) is 17.5. The molecule has 0 spiro atoms. The third-order valence-electron chi connectivity index (χ3n) is 6.72. The molecule has 1 aliphatic heterocycles. The van der Waals surface area contributed by atoms with Crippen molar-refractivity contribution in [2.24, 2.45) is 0 Å². The number of aliphatic carboxylic acids is 1. The smallest absolute Gasteiger partial charge is 0.337 e. The van der Waals surface area contributed by atoms with Crippen LogP contribution in [0.15, 0.2) is 30.3 Å². The van der Waals surface area contributed by atoms with E-state index in [1.807, 2.05) is 65.8 Å². The van der Waals surface area contributed by atoms with Crippen LogP contribution in [-0.2, 0) is 16.0 Å². The molecule has 2 heterocycles. The summed E-state index contributed by atoms with van der Waals surface area (Å²) in [6, 6.07) is 9.05. The summed E-state index contributed by atoms with van der Waals surface area (Å²) < 4.78 is 33.0. The lowest BCUT2D eigenvalue weighted by Gasteiger charge is -2.30. The molecule has 0 saturated carbocycles. The molecule has 0 unspecified atom stereocenters. The van der Waals surface area contributed by atoms with Crippen LogP contribution in [0.3, 0.4) is 0 Å². The third kappa shape index (κ3) is 5.39. The molecular weight excluding hydrogens is 485 g/mol.